The van der Waals surface area contributed by atoms with Gasteiger partial charge in [-0.1, -0.05) is 45.4 Å². The van der Waals surface area contributed by atoms with E-state index in [1.807, 2.05) is 51.2 Å². The van der Waals surface area contributed by atoms with E-state index >= 15 is 0 Å². The van der Waals surface area contributed by atoms with E-state index in [0.717, 1.165) is 29.3 Å². The van der Waals surface area contributed by atoms with Gasteiger partial charge in [0.2, 0.25) is 11.8 Å². The first-order chi connectivity index (χ1) is 14.3. The molecule has 1 aromatic carbocycles. The van der Waals surface area contributed by atoms with Crippen LogP contribution in [0.3, 0.4) is 0 Å². The van der Waals surface area contributed by atoms with Gasteiger partial charge in [-0.25, -0.2) is 4.79 Å². The molecule has 7 nitrogen and oxygen atoms in total. The van der Waals surface area contributed by atoms with Crippen LogP contribution in [0.4, 0.5) is 0 Å². The normalized spacial score (nSPS) is 13.1. The molecule has 0 radical (unpaired) electrons. The highest BCUT2D eigenvalue weighted by Gasteiger charge is 2.28. The van der Waals surface area contributed by atoms with Crippen LogP contribution in [0.5, 0.6) is 0 Å². The molecule has 0 unspecified atom stereocenters. The summed E-state index contributed by atoms with van der Waals surface area (Å²) in [6.45, 7) is 7.69. The van der Waals surface area contributed by atoms with E-state index in [2.05, 4.69) is 15.6 Å². The third kappa shape index (κ3) is 6.90. The molecule has 30 heavy (non-hydrogen) atoms. The van der Waals surface area contributed by atoms with Crippen molar-refractivity contribution in [2.75, 3.05) is 6.61 Å². The first-order valence-corrected chi connectivity index (χ1v) is 10.6. The van der Waals surface area contributed by atoms with Crippen molar-refractivity contribution in [1.82, 2.24) is 15.6 Å². The first kappa shape index (κ1) is 23.4. The van der Waals surface area contributed by atoms with E-state index in [1.54, 1.807) is 0 Å². The van der Waals surface area contributed by atoms with Gasteiger partial charge in [-0.15, -0.1) is 0 Å². The van der Waals surface area contributed by atoms with Crippen LogP contribution >= 0.6 is 0 Å². The van der Waals surface area contributed by atoms with Gasteiger partial charge in [0.15, 0.2) is 0 Å². The number of aromatic nitrogens is 1. The van der Waals surface area contributed by atoms with Crippen LogP contribution in [0, 0.1) is 5.92 Å². The predicted molar refractivity (Wildman–Crippen MR) is 117 cm³/mol. The number of rotatable bonds is 11. The molecule has 2 atom stereocenters. The van der Waals surface area contributed by atoms with Crippen LogP contribution in [0.1, 0.15) is 52.5 Å². The monoisotopic (exact) mass is 415 g/mol. The van der Waals surface area contributed by atoms with E-state index in [1.165, 1.54) is 6.92 Å². The Morgan fingerprint density at radius 3 is 2.50 bits per heavy atom. The lowest BCUT2D eigenvalue weighted by molar-refractivity contribution is -0.148. The fourth-order valence-corrected chi connectivity index (χ4v) is 3.35. The lowest BCUT2D eigenvalue weighted by Gasteiger charge is -2.23. The molecule has 0 saturated heterocycles. The maximum absolute atomic E-state index is 13.0. The number of unbranched alkanes of at least 4 members (excludes halogenated alkanes) is 1. The average molecular weight is 416 g/mol. The molecule has 1 aromatic heterocycles. The Hall–Kier alpha value is -2.83. The van der Waals surface area contributed by atoms with Crippen molar-refractivity contribution in [3.8, 4) is 0 Å². The number of H-pyrrole nitrogens is 1. The fourth-order valence-electron chi connectivity index (χ4n) is 3.35. The van der Waals surface area contributed by atoms with Crippen LogP contribution in [0.15, 0.2) is 30.5 Å². The molecule has 2 amide bonds. The molecule has 164 valence electrons. The Kier molecular flexibility index (Phi) is 8.89. The van der Waals surface area contributed by atoms with Crippen LogP contribution in [0.2, 0.25) is 0 Å². The van der Waals surface area contributed by atoms with Crippen LogP contribution < -0.4 is 10.6 Å². The molecule has 1 heterocycles. The van der Waals surface area contributed by atoms with Gasteiger partial charge in [-0.05, 0) is 30.4 Å². The molecule has 7 heteroatoms. The number of esters is 1. The van der Waals surface area contributed by atoms with Crippen LogP contribution in [-0.2, 0) is 25.5 Å². The SMILES string of the molecule is CCCCOC(=O)[C@H](CC(C)C)NC(=O)[C@H](Cc1c[nH]c2ccccc12)NC(C)=O. The largest absolute Gasteiger partial charge is 0.464 e. The third-order valence-corrected chi connectivity index (χ3v) is 4.84. The topological polar surface area (TPSA) is 100 Å². The van der Waals surface area contributed by atoms with Crippen molar-refractivity contribution in [2.24, 2.45) is 5.92 Å². The molecular weight excluding hydrogens is 382 g/mol. The van der Waals surface area contributed by atoms with Gasteiger partial charge in [-0.2, -0.15) is 0 Å². The van der Waals surface area contributed by atoms with Gasteiger partial charge >= 0.3 is 5.97 Å². The van der Waals surface area contributed by atoms with E-state index in [0.29, 0.717) is 19.4 Å². The molecule has 0 saturated carbocycles. The van der Waals surface area contributed by atoms with Crippen molar-refractivity contribution in [3.63, 3.8) is 0 Å². The number of carbonyl (C=O) groups excluding carboxylic acids is 3. The van der Waals surface area contributed by atoms with Gasteiger partial charge in [0, 0.05) is 30.4 Å². The summed E-state index contributed by atoms with van der Waals surface area (Å²) in [6, 6.07) is 6.25. The maximum Gasteiger partial charge on any atom is 0.328 e. The summed E-state index contributed by atoms with van der Waals surface area (Å²) in [5.74, 6) is -0.935. The van der Waals surface area contributed by atoms with Crippen molar-refractivity contribution < 1.29 is 19.1 Å². The highest BCUT2D eigenvalue weighted by Crippen LogP contribution is 2.19. The van der Waals surface area contributed by atoms with E-state index in [-0.39, 0.29) is 11.8 Å². The van der Waals surface area contributed by atoms with Gasteiger partial charge in [0.1, 0.15) is 12.1 Å². The molecule has 0 aliphatic carbocycles. The minimum atomic E-state index is -0.792. The van der Waals surface area contributed by atoms with Crippen LogP contribution in [-0.4, -0.2) is 41.5 Å². The Morgan fingerprint density at radius 1 is 1.10 bits per heavy atom. The zero-order valence-corrected chi connectivity index (χ0v) is 18.3. The second-order valence-corrected chi connectivity index (χ2v) is 8.03. The summed E-state index contributed by atoms with van der Waals surface area (Å²) in [5.41, 5.74) is 1.89. The molecule has 0 aliphatic rings. The zero-order chi connectivity index (χ0) is 22.1. The number of aromatic amines is 1. The number of hydrogen-bond donors (Lipinski definition) is 3. The third-order valence-electron chi connectivity index (χ3n) is 4.84. The number of carbonyl (C=O) groups is 3. The minimum absolute atomic E-state index is 0.196. The molecule has 0 spiro atoms. The van der Waals surface area contributed by atoms with Crippen molar-refractivity contribution >= 4 is 28.7 Å². The first-order valence-electron chi connectivity index (χ1n) is 10.6. The number of benzene rings is 1. The van der Waals surface area contributed by atoms with Gasteiger partial charge in [0.25, 0.3) is 0 Å². The standard InChI is InChI=1S/C23H33N3O4/c1-5-6-11-30-23(29)21(12-15(2)3)26-22(28)20(25-16(4)27)13-17-14-24-19-10-8-7-9-18(17)19/h7-10,14-15,20-21,24H,5-6,11-13H2,1-4H3,(H,25,27)(H,26,28)/t20-,21-/m0/s1. The Bertz CT molecular complexity index is 859. The number of amides is 2. The molecule has 2 rings (SSSR count). The Balaban J connectivity index is 2.14. The number of para-hydroxylation sites is 1. The van der Waals surface area contributed by atoms with E-state index in [4.69, 9.17) is 4.74 Å². The number of fused-ring (bicyclic) bond motifs is 1. The second-order valence-electron chi connectivity index (χ2n) is 8.03. The molecular formula is C23H33N3O4. The summed E-state index contributed by atoms with van der Waals surface area (Å²) in [4.78, 5) is 40.4. The lowest BCUT2D eigenvalue weighted by Crippen LogP contribution is -2.52. The molecule has 0 bridgehead atoms. The van der Waals surface area contributed by atoms with Crippen molar-refractivity contribution in [3.05, 3.63) is 36.0 Å². The number of nitrogens with one attached hydrogen (secondary N) is 3. The van der Waals surface area contributed by atoms with Crippen molar-refractivity contribution in [1.29, 1.82) is 0 Å². The summed E-state index contributed by atoms with van der Waals surface area (Å²) < 4.78 is 5.32. The number of hydrogen-bond acceptors (Lipinski definition) is 4. The highest BCUT2D eigenvalue weighted by atomic mass is 16.5. The highest BCUT2D eigenvalue weighted by molar-refractivity contribution is 5.91. The summed E-state index contributed by atoms with van der Waals surface area (Å²) in [6.07, 6.45) is 4.33. The summed E-state index contributed by atoms with van der Waals surface area (Å²) >= 11 is 0. The zero-order valence-electron chi connectivity index (χ0n) is 18.3. The molecule has 0 aliphatic heterocycles. The molecule has 2 aromatic rings. The second kappa shape index (κ2) is 11.4. The van der Waals surface area contributed by atoms with Gasteiger partial charge in [0.05, 0.1) is 6.61 Å². The van der Waals surface area contributed by atoms with Crippen molar-refractivity contribution in [2.45, 2.75) is 65.5 Å². The van der Waals surface area contributed by atoms with Crippen LogP contribution in [0.25, 0.3) is 10.9 Å². The quantitative estimate of drug-likeness (QED) is 0.388. The molecule has 3 N–H and O–H groups in total. The van der Waals surface area contributed by atoms with E-state index < -0.39 is 24.0 Å². The summed E-state index contributed by atoms with van der Waals surface area (Å²) in [5, 5.41) is 6.52. The Labute approximate surface area is 177 Å². The smallest absolute Gasteiger partial charge is 0.328 e. The van der Waals surface area contributed by atoms with Gasteiger partial charge in [-0.3, -0.25) is 9.59 Å². The van der Waals surface area contributed by atoms with E-state index in [9.17, 15) is 14.4 Å². The predicted octanol–water partition coefficient (Wildman–Crippen LogP) is 3.09. The Morgan fingerprint density at radius 2 is 1.83 bits per heavy atom. The summed E-state index contributed by atoms with van der Waals surface area (Å²) in [7, 11) is 0. The lowest BCUT2D eigenvalue weighted by atomic mass is 10.0. The fraction of sp³-hybridized carbons (Fsp3) is 0.522. The average Bonchev–Trinajstić information content (AvgIpc) is 3.09. The number of ether oxygens (including phenoxy) is 1. The minimum Gasteiger partial charge on any atom is -0.464 e. The molecule has 0 fully saturated rings. The maximum atomic E-state index is 13.0. The van der Waals surface area contributed by atoms with Gasteiger partial charge < -0.3 is 20.4 Å².